The second-order valence-corrected chi connectivity index (χ2v) is 6.54. The van der Waals surface area contributed by atoms with Crippen molar-refractivity contribution in [3.8, 4) is 11.5 Å². The standard InChI is InChI=1S/C12H12O5S/c1-7-6-18(14,15)11-5-10-9(16-2-3-17-10)4-8(11)12(7)13/h4-5,7H,2-3,6H2,1H3. The lowest BCUT2D eigenvalue weighted by molar-refractivity contribution is 0.0932. The monoisotopic (exact) mass is 268 g/mol. The summed E-state index contributed by atoms with van der Waals surface area (Å²) in [7, 11) is -3.41. The van der Waals surface area contributed by atoms with Gasteiger partial charge >= 0.3 is 0 Å². The first-order valence-corrected chi connectivity index (χ1v) is 7.35. The third-order valence-corrected chi connectivity index (χ3v) is 5.11. The van der Waals surface area contributed by atoms with E-state index in [-0.39, 0.29) is 22.0 Å². The van der Waals surface area contributed by atoms with Crippen LogP contribution in [0.25, 0.3) is 0 Å². The zero-order chi connectivity index (χ0) is 12.9. The minimum atomic E-state index is -3.41. The lowest BCUT2D eigenvalue weighted by atomic mass is 10.00. The average molecular weight is 268 g/mol. The highest BCUT2D eigenvalue weighted by Gasteiger charge is 2.36. The van der Waals surface area contributed by atoms with Gasteiger partial charge in [-0.2, -0.15) is 0 Å². The maximum Gasteiger partial charge on any atom is 0.179 e. The van der Waals surface area contributed by atoms with E-state index in [2.05, 4.69) is 0 Å². The van der Waals surface area contributed by atoms with Crippen LogP contribution >= 0.6 is 0 Å². The molecular formula is C12H12O5S. The molecule has 2 aliphatic heterocycles. The second kappa shape index (κ2) is 3.71. The number of ketones is 1. The number of carbonyl (C=O) groups is 1. The van der Waals surface area contributed by atoms with Gasteiger partial charge in [0.05, 0.1) is 10.6 Å². The summed E-state index contributed by atoms with van der Waals surface area (Å²) < 4.78 is 34.8. The number of ether oxygens (including phenoxy) is 2. The van der Waals surface area contributed by atoms with Crippen molar-refractivity contribution in [3.05, 3.63) is 17.7 Å². The summed E-state index contributed by atoms with van der Waals surface area (Å²) in [5.74, 6) is 0.0313. The Kier molecular flexibility index (Phi) is 2.38. The Bertz CT molecular complexity index is 632. The van der Waals surface area contributed by atoms with Crippen LogP contribution in [0.15, 0.2) is 17.0 Å². The van der Waals surface area contributed by atoms with Crippen LogP contribution in [0.5, 0.6) is 11.5 Å². The van der Waals surface area contributed by atoms with E-state index in [0.29, 0.717) is 24.7 Å². The molecule has 0 amide bonds. The minimum absolute atomic E-state index is 0.0647. The summed E-state index contributed by atoms with van der Waals surface area (Å²) in [6.07, 6.45) is 0. The average Bonchev–Trinajstić information content (AvgIpc) is 2.34. The van der Waals surface area contributed by atoms with Gasteiger partial charge in [0.15, 0.2) is 27.1 Å². The Balaban J connectivity index is 2.26. The van der Waals surface area contributed by atoms with Crippen molar-refractivity contribution in [1.82, 2.24) is 0 Å². The van der Waals surface area contributed by atoms with Crippen molar-refractivity contribution in [2.45, 2.75) is 11.8 Å². The molecule has 1 aromatic rings. The van der Waals surface area contributed by atoms with Gasteiger partial charge in [-0.3, -0.25) is 4.79 Å². The van der Waals surface area contributed by atoms with Crippen LogP contribution in [0, 0.1) is 5.92 Å². The summed E-state index contributed by atoms with van der Waals surface area (Å²) in [6, 6.07) is 2.89. The van der Waals surface area contributed by atoms with Crippen molar-refractivity contribution in [2.75, 3.05) is 19.0 Å². The summed E-state index contributed by atoms with van der Waals surface area (Å²) in [5, 5.41) is 0. The van der Waals surface area contributed by atoms with E-state index in [9.17, 15) is 13.2 Å². The second-order valence-electron chi connectivity index (χ2n) is 4.54. The number of Topliss-reactive ketones (excluding diaryl/α,β-unsaturated/α-hetero) is 1. The Hall–Kier alpha value is -1.56. The normalized spacial score (nSPS) is 24.5. The van der Waals surface area contributed by atoms with E-state index in [1.54, 1.807) is 6.92 Å². The molecule has 1 aromatic carbocycles. The number of rotatable bonds is 0. The molecule has 0 bridgehead atoms. The van der Waals surface area contributed by atoms with Gasteiger partial charge in [0, 0.05) is 17.5 Å². The van der Waals surface area contributed by atoms with Gasteiger partial charge < -0.3 is 9.47 Å². The number of hydrogen-bond donors (Lipinski definition) is 0. The molecule has 0 spiro atoms. The molecule has 2 heterocycles. The Morgan fingerprint density at radius 1 is 1.17 bits per heavy atom. The van der Waals surface area contributed by atoms with Gasteiger partial charge in [-0.15, -0.1) is 0 Å². The first-order valence-electron chi connectivity index (χ1n) is 5.69. The van der Waals surface area contributed by atoms with E-state index in [1.165, 1.54) is 12.1 Å². The first kappa shape index (κ1) is 11.5. The molecule has 96 valence electrons. The van der Waals surface area contributed by atoms with E-state index in [0.717, 1.165) is 0 Å². The van der Waals surface area contributed by atoms with E-state index in [4.69, 9.17) is 9.47 Å². The maximum absolute atomic E-state index is 12.1. The quantitative estimate of drug-likeness (QED) is 0.703. The lowest BCUT2D eigenvalue weighted by Crippen LogP contribution is -2.30. The largest absolute Gasteiger partial charge is 0.486 e. The fourth-order valence-electron chi connectivity index (χ4n) is 2.28. The number of carbonyl (C=O) groups excluding carboxylic acids is 1. The van der Waals surface area contributed by atoms with Crippen LogP contribution in [-0.4, -0.2) is 33.2 Å². The number of fused-ring (bicyclic) bond motifs is 2. The van der Waals surface area contributed by atoms with Crippen molar-refractivity contribution in [3.63, 3.8) is 0 Å². The molecule has 6 heteroatoms. The molecule has 0 N–H and O–H groups in total. The summed E-state index contributed by atoms with van der Waals surface area (Å²) in [4.78, 5) is 12.1. The Morgan fingerprint density at radius 3 is 2.44 bits per heavy atom. The first-order chi connectivity index (χ1) is 8.49. The van der Waals surface area contributed by atoms with Gasteiger partial charge in [0.2, 0.25) is 0 Å². The van der Waals surface area contributed by atoms with E-state index < -0.39 is 15.8 Å². The highest BCUT2D eigenvalue weighted by molar-refractivity contribution is 7.91. The molecule has 1 unspecified atom stereocenters. The molecule has 1 atom stereocenters. The fourth-order valence-corrected chi connectivity index (χ4v) is 4.05. The molecule has 2 aliphatic rings. The number of benzene rings is 1. The molecule has 0 saturated carbocycles. The van der Waals surface area contributed by atoms with Crippen LogP contribution in [0.4, 0.5) is 0 Å². The van der Waals surface area contributed by atoms with Crippen LogP contribution < -0.4 is 9.47 Å². The van der Waals surface area contributed by atoms with Crippen molar-refractivity contribution in [2.24, 2.45) is 5.92 Å². The zero-order valence-electron chi connectivity index (χ0n) is 9.80. The van der Waals surface area contributed by atoms with E-state index >= 15 is 0 Å². The molecule has 5 nitrogen and oxygen atoms in total. The van der Waals surface area contributed by atoms with Crippen LogP contribution in [0.1, 0.15) is 17.3 Å². The van der Waals surface area contributed by atoms with Gasteiger partial charge in [-0.1, -0.05) is 6.92 Å². The maximum atomic E-state index is 12.1. The van der Waals surface area contributed by atoms with E-state index in [1.807, 2.05) is 0 Å². The SMILES string of the molecule is CC1CS(=O)(=O)c2cc3c(cc2C1=O)OCCO3. The number of hydrogen-bond acceptors (Lipinski definition) is 5. The highest BCUT2D eigenvalue weighted by atomic mass is 32.2. The third-order valence-electron chi connectivity index (χ3n) is 3.16. The summed E-state index contributed by atoms with van der Waals surface area (Å²) in [6.45, 7) is 2.41. The van der Waals surface area contributed by atoms with Crippen LogP contribution in [0.3, 0.4) is 0 Å². The highest BCUT2D eigenvalue weighted by Crippen LogP contribution is 2.38. The molecule has 0 radical (unpaired) electrons. The zero-order valence-corrected chi connectivity index (χ0v) is 10.6. The fraction of sp³-hybridized carbons (Fsp3) is 0.417. The predicted molar refractivity (Wildman–Crippen MR) is 63.0 cm³/mol. The van der Waals surface area contributed by atoms with Gasteiger partial charge in [0.1, 0.15) is 13.2 Å². The molecule has 0 fully saturated rings. The predicted octanol–water partition coefficient (Wildman–Crippen LogP) is 1.06. The minimum Gasteiger partial charge on any atom is -0.486 e. The van der Waals surface area contributed by atoms with Gasteiger partial charge in [-0.25, -0.2) is 8.42 Å². The van der Waals surface area contributed by atoms with Gasteiger partial charge in [-0.05, 0) is 6.07 Å². The molecule has 3 rings (SSSR count). The van der Waals surface area contributed by atoms with Crippen LogP contribution in [0.2, 0.25) is 0 Å². The van der Waals surface area contributed by atoms with Gasteiger partial charge in [0.25, 0.3) is 0 Å². The Morgan fingerprint density at radius 2 is 1.78 bits per heavy atom. The Labute approximate surface area is 105 Å². The van der Waals surface area contributed by atoms with Crippen LogP contribution in [-0.2, 0) is 9.84 Å². The molecule has 0 aromatic heterocycles. The van der Waals surface area contributed by atoms with Crippen molar-refractivity contribution in [1.29, 1.82) is 0 Å². The van der Waals surface area contributed by atoms with Crippen molar-refractivity contribution < 1.29 is 22.7 Å². The number of sulfone groups is 1. The van der Waals surface area contributed by atoms with Crippen molar-refractivity contribution >= 4 is 15.6 Å². The topological polar surface area (TPSA) is 69.7 Å². The smallest absolute Gasteiger partial charge is 0.179 e. The lowest BCUT2D eigenvalue weighted by Gasteiger charge is -2.24. The summed E-state index contributed by atoms with van der Waals surface area (Å²) in [5.41, 5.74) is 0.220. The molecule has 0 saturated heterocycles. The summed E-state index contributed by atoms with van der Waals surface area (Å²) >= 11 is 0. The molecular weight excluding hydrogens is 256 g/mol. The molecule has 18 heavy (non-hydrogen) atoms. The molecule has 0 aliphatic carbocycles. The third kappa shape index (κ3) is 1.59.